The van der Waals surface area contributed by atoms with Crippen molar-refractivity contribution in [3.8, 4) is 5.75 Å². The van der Waals surface area contributed by atoms with Gasteiger partial charge in [-0.25, -0.2) is 5.10 Å². The van der Waals surface area contributed by atoms with E-state index in [1.807, 2.05) is 24.3 Å². The summed E-state index contributed by atoms with van der Waals surface area (Å²) in [6.45, 7) is 0.593. The molecule has 0 bridgehead atoms. The normalized spacial score (nSPS) is 10.4. The molecule has 5 nitrogen and oxygen atoms in total. The number of ether oxygens (including phenoxy) is 1. The molecule has 3 N–H and O–H groups in total. The Labute approximate surface area is 111 Å². The molecule has 1 heterocycles. The lowest BCUT2D eigenvalue weighted by Gasteiger charge is -2.04. The summed E-state index contributed by atoms with van der Waals surface area (Å²) in [5.41, 5.74) is 5.41. The number of aromatic nitrogens is 3. The Kier molecular flexibility index (Phi) is 4.27. The number of nitrogens with zero attached hydrogens (tertiary/aromatic N) is 2. The molecule has 7 heteroatoms. The lowest BCUT2D eigenvalue weighted by Crippen LogP contribution is -2.00. The third kappa shape index (κ3) is 3.94. The van der Waals surface area contributed by atoms with Crippen LogP contribution in [0, 0.1) is 0 Å². The van der Waals surface area contributed by atoms with Crippen LogP contribution in [0.4, 0.5) is 5.95 Å². The van der Waals surface area contributed by atoms with Crippen LogP contribution in [0.3, 0.4) is 0 Å². The zero-order chi connectivity index (χ0) is 12.1. The van der Waals surface area contributed by atoms with Gasteiger partial charge in [-0.1, -0.05) is 33.8 Å². The van der Waals surface area contributed by atoms with Gasteiger partial charge in [0.25, 0.3) is 0 Å². The Bertz CT molecular complexity index is 491. The molecule has 0 fully saturated rings. The molecule has 17 heavy (non-hydrogen) atoms. The fourth-order valence-corrected chi connectivity index (χ4v) is 2.17. The molecule has 0 spiro atoms. The van der Waals surface area contributed by atoms with Gasteiger partial charge >= 0.3 is 0 Å². The second-order valence-electron chi connectivity index (χ2n) is 3.16. The molecule has 2 rings (SSSR count). The Hall–Kier alpha value is -1.21. The lowest BCUT2D eigenvalue weighted by molar-refractivity contribution is 0.343. The maximum atomic E-state index is 5.57. The number of halogens is 1. The van der Waals surface area contributed by atoms with Crippen molar-refractivity contribution in [2.75, 3.05) is 18.1 Å². The van der Waals surface area contributed by atoms with Crippen LogP contribution in [-0.2, 0) is 0 Å². The average Bonchev–Trinajstić information content (AvgIpc) is 2.71. The molecule has 0 atom stereocenters. The summed E-state index contributed by atoms with van der Waals surface area (Å²) in [6, 6.07) is 7.73. The molecule has 0 aliphatic rings. The van der Waals surface area contributed by atoms with E-state index in [1.165, 1.54) is 11.8 Å². The summed E-state index contributed by atoms with van der Waals surface area (Å²) < 4.78 is 6.57. The average molecular weight is 315 g/mol. The van der Waals surface area contributed by atoms with Crippen molar-refractivity contribution in [1.82, 2.24) is 15.2 Å². The van der Waals surface area contributed by atoms with Crippen LogP contribution in [0.15, 0.2) is 33.9 Å². The fraction of sp³-hybridized carbons (Fsp3) is 0.200. The Morgan fingerprint density at radius 2 is 2.35 bits per heavy atom. The molecule has 0 saturated carbocycles. The molecule has 0 radical (unpaired) electrons. The van der Waals surface area contributed by atoms with E-state index in [1.54, 1.807) is 0 Å². The van der Waals surface area contributed by atoms with Crippen molar-refractivity contribution in [3.05, 3.63) is 28.7 Å². The number of hydrogen-bond acceptors (Lipinski definition) is 5. The number of nitrogens with one attached hydrogen (secondary N) is 1. The van der Waals surface area contributed by atoms with E-state index >= 15 is 0 Å². The summed E-state index contributed by atoms with van der Waals surface area (Å²) in [4.78, 5) is 3.98. The van der Waals surface area contributed by atoms with Crippen molar-refractivity contribution < 1.29 is 4.74 Å². The molecular formula is C10H11BrN4OS. The highest BCUT2D eigenvalue weighted by atomic mass is 79.9. The first-order chi connectivity index (χ1) is 8.24. The second kappa shape index (κ2) is 5.92. The van der Waals surface area contributed by atoms with E-state index in [9.17, 15) is 0 Å². The van der Waals surface area contributed by atoms with Crippen LogP contribution < -0.4 is 10.5 Å². The third-order valence-corrected chi connectivity index (χ3v) is 3.17. The van der Waals surface area contributed by atoms with E-state index in [2.05, 4.69) is 31.1 Å². The molecule has 0 amide bonds. The van der Waals surface area contributed by atoms with Crippen molar-refractivity contribution >= 4 is 33.6 Å². The Morgan fingerprint density at radius 3 is 3.06 bits per heavy atom. The molecule has 1 aromatic carbocycles. The van der Waals surface area contributed by atoms with Crippen LogP contribution in [0.5, 0.6) is 5.75 Å². The number of nitrogen functional groups attached to an aromatic ring is 1. The summed E-state index contributed by atoms with van der Waals surface area (Å²) in [5.74, 6) is 1.94. The van der Waals surface area contributed by atoms with E-state index in [0.29, 0.717) is 17.7 Å². The van der Waals surface area contributed by atoms with Gasteiger partial charge in [-0.05, 0) is 18.2 Å². The van der Waals surface area contributed by atoms with E-state index in [4.69, 9.17) is 10.5 Å². The van der Waals surface area contributed by atoms with Crippen molar-refractivity contribution in [1.29, 1.82) is 0 Å². The van der Waals surface area contributed by atoms with Gasteiger partial charge in [-0.2, -0.15) is 4.98 Å². The highest BCUT2D eigenvalue weighted by Gasteiger charge is 2.01. The van der Waals surface area contributed by atoms with Crippen molar-refractivity contribution in [2.45, 2.75) is 5.16 Å². The van der Waals surface area contributed by atoms with Crippen molar-refractivity contribution in [2.24, 2.45) is 0 Å². The van der Waals surface area contributed by atoms with Crippen LogP contribution in [0.1, 0.15) is 0 Å². The molecule has 0 aliphatic heterocycles. The van der Waals surface area contributed by atoms with Gasteiger partial charge in [0.15, 0.2) is 0 Å². The first kappa shape index (κ1) is 12.3. The number of hydrogen-bond donors (Lipinski definition) is 2. The van der Waals surface area contributed by atoms with Gasteiger partial charge in [-0.15, -0.1) is 5.10 Å². The topological polar surface area (TPSA) is 76.8 Å². The largest absolute Gasteiger partial charge is 0.493 e. The van der Waals surface area contributed by atoms with E-state index < -0.39 is 0 Å². The molecule has 0 aliphatic carbocycles. The Balaban J connectivity index is 1.73. The quantitative estimate of drug-likeness (QED) is 0.654. The van der Waals surface area contributed by atoms with Crippen LogP contribution in [0.2, 0.25) is 0 Å². The summed E-state index contributed by atoms with van der Waals surface area (Å²) >= 11 is 4.88. The fourth-order valence-electron chi connectivity index (χ4n) is 1.17. The molecule has 90 valence electrons. The maximum Gasteiger partial charge on any atom is 0.216 e. The first-order valence-electron chi connectivity index (χ1n) is 4.93. The van der Waals surface area contributed by atoms with Crippen LogP contribution in [-0.4, -0.2) is 27.5 Å². The first-order valence-corrected chi connectivity index (χ1v) is 6.71. The highest BCUT2D eigenvalue weighted by Crippen LogP contribution is 2.18. The summed E-state index contributed by atoms with van der Waals surface area (Å²) in [5, 5.41) is 7.14. The molecule has 1 aromatic heterocycles. The third-order valence-electron chi connectivity index (χ3n) is 1.86. The summed E-state index contributed by atoms with van der Waals surface area (Å²) in [6.07, 6.45) is 0. The van der Waals surface area contributed by atoms with Gasteiger partial charge in [0.05, 0.1) is 6.61 Å². The minimum atomic E-state index is 0.334. The van der Waals surface area contributed by atoms with E-state index in [-0.39, 0.29) is 0 Å². The zero-order valence-electron chi connectivity index (χ0n) is 8.89. The molecule has 0 unspecified atom stereocenters. The van der Waals surface area contributed by atoms with Gasteiger partial charge < -0.3 is 10.5 Å². The molecule has 2 aromatic rings. The predicted molar refractivity (Wildman–Crippen MR) is 71.2 cm³/mol. The van der Waals surface area contributed by atoms with Crippen LogP contribution in [0.25, 0.3) is 0 Å². The standard InChI is InChI=1S/C10H11BrN4OS/c11-7-2-1-3-8(6-7)16-4-5-17-10-13-9(12)14-15-10/h1-3,6H,4-5H2,(H3,12,13,14,15). The summed E-state index contributed by atoms with van der Waals surface area (Å²) in [7, 11) is 0. The minimum Gasteiger partial charge on any atom is -0.493 e. The van der Waals surface area contributed by atoms with Gasteiger partial charge in [0.2, 0.25) is 11.1 Å². The van der Waals surface area contributed by atoms with Crippen molar-refractivity contribution in [3.63, 3.8) is 0 Å². The van der Waals surface area contributed by atoms with E-state index in [0.717, 1.165) is 16.0 Å². The zero-order valence-corrected chi connectivity index (χ0v) is 11.3. The number of benzene rings is 1. The van der Waals surface area contributed by atoms with Gasteiger partial charge in [0, 0.05) is 10.2 Å². The number of rotatable bonds is 5. The number of nitrogens with two attached hydrogens (primary N) is 1. The number of H-pyrrole nitrogens is 1. The number of anilines is 1. The SMILES string of the molecule is Nc1nc(SCCOc2cccc(Br)c2)n[nH]1. The molecule has 0 saturated heterocycles. The second-order valence-corrected chi connectivity index (χ2v) is 5.14. The minimum absolute atomic E-state index is 0.334. The maximum absolute atomic E-state index is 5.57. The lowest BCUT2D eigenvalue weighted by atomic mass is 10.3. The monoisotopic (exact) mass is 314 g/mol. The number of aromatic amines is 1. The smallest absolute Gasteiger partial charge is 0.216 e. The Morgan fingerprint density at radius 1 is 1.47 bits per heavy atom. The molecular weight excluding hydrogens is 304 g/mol. The number of thioether (sulfide) groups is 1. The van der Waals surface area contributed by atoms with Crippen LogP contribution >= 0.6 is 27.7 Å². The highest BCUT2D eigenvalue weighted by molar-refractivity contribution is 9.10. The van der Waals surface area contributed by atoms with Gasteiger partial charge in [0.1, 0.15) is 5.75 Å². The predicted octanol–water partition coefficient (Wildman–Crippen LogP) is 2.32. The van der Waals surface area contributed by atoms with Gasteiger partial charge in [-0.3, -0.25) is 0 Å².